The van der Waals surface area contributed by atoms with Gasteiger partial charge < -0.3 is 32.3 Å². The molecule has 39 heavy (non-hydrogen) atoms. The Bertz CT molecular complexity index is 995. The van der Waals surface area contributed by atoms with Crippen LogP contribution in [0.2, 0.25) is 0 Å². The molecule has 1 aliphatic rings. The zero-order chi connectivity index (χ0) is 29.3. The third-order valence-electron chi connectivity index (χ3n) is 6.22. The first-order chi connectivity index (χ1) is 18.5. The number of nitrogens with one attached hydrogen (secondary N) is 1. The highest BCUT2D eigenvalue weighted by Crippen LogP contribution is 2.84. The maximum Gasteiger partial charge on any atom is 0.350 e. The Morgan fingerprint density at radius 3 is 1.51 bits per heavy atom. The molecule has 0 aliphatic carbocycles. The molecule has 1 unspecified atom stereocenters. The Balaban J connectivity index is 3.10. The van der Waals surface area contributed by atoms with Gasteiger partial charge in [0.05, 0.1) is 52.8 Å². The topological polar surface area (TPSA) is 145 Å². The van der Waals surface area contributed by atoms with Crippen LogP contribution in [0.5, 0.6) is 5.75 Å². The van der Waals surface area contributed by atoms with Crippen LogP contribution in [0.15, 0.2) is 24.3 Å². The van der Waals surface area contributed by atoms with E-state index in [0.29, 0.717) is 11.3 Å². The van der Waals surface area contributed by atoms with E-state index in [1.165, 1.54) is 7.11 Å². The van der Waals surface area contributed by atoms with E-state index in [1.54, 1.807) is 65.8 Å². The monoisotopic (exact) mass is 593 g/mol. The van der Waals surface area contributed by atoms with Gasteiger partial charge in [-0.3, -0.25) is 14.4 Å². The Hall–Kier alpha value is -1.78. The summed E-state index contributed by atoms with van der Waals surface area (Å²) in [5.41, 5.74) is -1.85. The molecule has 1 aliphatic heterocycles. The molecule has 2 rings (SSSR count). The van der Waals surface area contributed by atoms with Crippen LogP contribution in [0.1, 0.15) is 59.6 Å². The van der Waals surface area contributed by atoms with Crippen LogP contribution >= 0.6 is 15.2 Å². The second kappa shape index (κ2) is 14.2. The molecule has 1 fully saturated rings. The molecule has 0 aromatic heterocycles. The summed E-state index contributed by atoms with van der Waals surface area (Å²) in [6.07, 6.45) is -0.678. The molecule has 1 aromatic carbocycles. The molecule has 1 atom stereocenters. The van der Waals surface area contributed by atoms with Gasteiger partial charge in [-0.15, -0.1) is 0 Å². The van der Waals surface area contributed by atoms with Crippen molar-refractivity contribution in [3.05, 3.63) is 29.8 Å². The zero-order valence-electron chi connectivity index (χ0n) is 23.7. The highest BCUT2D eigenvalue weighted by Gasteiger charge is 2.79. The molecule has 14 heteroatoms. The van der Waals surface area contributed by atoms with E-state index < -0.39 is 50.0 Å². The smallest absolute Gasteiger partial charge is 0.350 e. The second-order valence-electron chi connectivity index (χ2n) is 8.42. The third-order valence-corrected chi connectivity index (χ3v) is 12.8. The minimum absolute atomic E-state index is 0.0645. The van der Waals surface area contributed by atoms with Gasteiger partial charge in [-0.2, -0.15) is 0 Å². The Morgan fingerprint density at radius 1 is 0.769 bits per heavy atom. The standard InChI is InChI=1S/C25H41NO11P2/c1-8-32-22(27)24(23(28)33-9-2)18-25(38(29,34-10-3)35-11-4,39(30,36-12-5)37-13-6)21(26-24)19-14-16-20(31-7)17-15-19/h14-17,21,26H,8-13,18H2,1-7H3. The number of hydrogen-bond donors (Lipinski definition) is 1. The van der Waals surface area contributed by atoms with E-state index >= 15 is 0 Å². The highest BCUT2D eigenvalue weighted by atomic mass is 31.2. The van der Waals surface area contributed by atoms with Crippen molar-refractivity contribution in [1.29, 1.82) is 0 Å². The van der Waals surface area contributed by atoms with Gasteiger partial charge in [-0.25, -0.2) is 9.59 Å². The molecular weight excluding hydrogens is 552 g/mol. The van der Waals surface area contributed by atoms with Gasteiger partial charge in [-0.05, 0) is 59.2 Å². The highest BCUT2D eigenvalue weighted by molar-refractivity contribution is 7.74. The lowest BCUT2D eigenvalue weighted by Gasteiger charge is -2.43. The number of carbonyl (C=O) groups excluding carboxylic acids is 2. The summed E-state index contributed by atoms with van der Waals surface area (Å²) in [6.45, 7) is 9.03. The number of methoxy groups -OCH3 is 1. The molecule has 0 radical (unpaired) electrons. The van der Waals surface area contributed by atoms with Gasteiger partial charge in [0, 0.05) is 6.42 Å². The quantitative estimate of drug-likeness (QED) is 0.159. The predicted octanol–water partition coefficient (Wildman–Crippen LogP) is 4.82. The molecule has 12 nitrogen and oxygen atoms in total. The fourth-order valence-electron chi connectivity index (χ4n) is 4.77. The summed E-state index contributed by atoms with van der Waals surface area (Å²) in [7, 11) is -7.58. The van der Waals surface area contributed by atoms with Gasteiger partial charge in [0.15, 0.2) is 4.90 Å². The maximum atomic E-state index is 14.9. The Labute approximate surface area is 230 Å². The molecule has 0 spiro atoms. The molecule has 1 saturated heterocycles. The minimum Gasteiger partial charge on any atom is -0.497 e. The average molecular weight is 594 g/mol. The lowest BCUT2D eigenvalue weighted by Crippen LogP contribution is -2.56. The average Bonchev–Trinajstić information content (AvgIpc) is 3.30. The predicted molar refractivity (Wildman–Crippen MR) is 144 cm³/mol. The summed E-state index contributed by atoms with van der Waals surface area (Å²) in [6, 6.07) is 5.24. The largest absolute Gasteiger partial charge is 0.497 e. The Kier molecular flexibility index (Phi) is 12.2. The van der Waals surface area contributed by atoms with Crippen LogP contribution in [0.4, 0.5) is 0 Å². The van der Waals surface area contributed by atoms with Crippen LogP contribution in [0.25, 0.3) is 0 Å². The van der Waals surface area contributed by atoms with Crippen LogP contribution in [0.3, 0.4) is 0 Å². The van der Waals surface area contributed by atoms with Crippen molar-refractivity contribution in [1.82, 2.24) is 5.32 Å². The van der Waals surface area contributed by atoms with Crippen LogP contribution < -0.4 is 10.1 Å². The summed E-state index contributed by atoms with van der Waals surface area (Å²) in [5.74, 6) is -1.48. The van der Waals surface area contributed by atoms with Crippen LogP contribution in [-0.4, -0.2) is 69.1 Å². The zero-order valence-corrected chi connectivity index (χ0v) is 25.5. The summed E-state index contributed by atoms with van der Waals surface area (Å²) < 4.78 is 69.0. The molecule has 1 N–H and O–H groups in total. The van der Waals surface area contributed by atoms with E-state index in [4.69, 9.17) is 32.3 Å². The van der Waals surface area contributed by atoms with E-state index in [2.05, 4.69) is 5.32 Å². The second-order valence-corrected chi connectivity index (χ2v) is 13.4. The van der Waals surface area contributed by atoms with E-state index in [-0.39, 0.29) is 39.6 Å². The lowest BCUT2D eigenvalue weighted by atomic mass is 9.96. The summed E-state index contributed by atoms with van der Waals surface area (Å²) in [5, 5.41) is 3.01. The van der Waals surface area contributed by atoms with Gasteiger partial charge in [0.25, 0.3) is 0 Å². The minimum atomic E-state index is -4.54. The number of ether oxygens (including phenoxy) is 3. The number of hydrogen-bond acceptors (Lipinski definition) is 12. The van der Waals surface area contributed by atoms with Crippen molar-refractivity contribution >= 4 is 27.1 Å². The first-order valence-electron chi connectivity index (χ1n) is 13.1. The van der Waals surface area contributed by atoms with Crippen molar-refractivity contribution in [2.75, 3.05) is 46.8 Å². The normalized spacial score (nSPS) is 18.5. The third kappa shape index (κ3) is 6.12. The van der Waals surface area contributed by atoms with Crippen molar-refractivity contribution in [3.63, 3.8) is 0 Å². The maximum absolute atomic E-state index is 14.9. The van der Waals surface area contributed by atoms with Crippen LogP contribution in [-0.2, 0) is 46.3 Å². The van der Waals surface area contributed by atoms with Gasteiger partial charge in [0.2, 0.25) is 5.54 Å². The molecule has 222 valence electrons. The first-order valence-corrected chi connectivity index (χ1v) is 16.2. The molecular formula is C25H41NO11P2. The molecule has 1 heterocycles. The van der Waals surface area contributed by atoms with E-state index in [0.717, 1.165) is 0 Å². The summed E-state index contributed by atoms with van der Waals surface area (Å²) >= 11 is 0. The van der Waals surface area contributed by atoms with E-state index in [9.17, 15) is 18.7 Å². The van der Waals surface area contributed by atoms with Gasteiger partial charge in [-0.1, -0.05) is 12.1 Å². The Morgan fingerprint density at radius 2 is 1.18 bits per heavy atom. The lowest BCUT2D eigenvalue weighted by molar-refractivity contribution is -0.165. The van der Waals surface area contributed by atoms with Crippen molar-refractivity contribution in [2.45, 2.75) is 64.4 Å². The van der Waals surface area contributed by atoms with Crippen molar-refractivity contribution < 1.29 is 51.0 Å². The fraction of sp³-hybridized carbons (Fsp3) is 0.680. The van der Waals surface area contributed by atoms with Crippen LogP contribution in [0, 0.1) is 0 Å². The number of esters is 2. The SMILES string of the molecule is CCOC(=O)C1(C(=O)OCC)CC(P(=O)(OCC)OCC)(P(=O)(OCC)OCC)C(c2ccc(OC)cc2)N1. The van der Waals surface area contributed by atoms with Gasteiger partial charge in [0.1, 0.15) is 5.75 Å². The number of benzene rings is 1. The van der Waals surface area contributed by atoms with Gasteiger partial charge >= 0.3 is 27.1 Å². The fourth-order valence-corrected chi connectivity index (χ4v) is 11.0. The van der Waals surface area contributed by atoms with Crippen molar-refractivity contribution in [3.8, 4) is 5.75 Å². The number of rotatable bonds is 16. The van der Waals surface area contributed by atoms with E-state index in [1.807, 2.05) is 0 Å². The van der Waals surface area contributed by atoms with Crippen molar-refractivity contribution in [2.24, 2.45) is 0 Å². The molecule has 1 aromatic rings. The molecule has 0 saturated carbocycles. The summed E-state index contributed by atoms with van der Waals surface area (Å²) in [4.78, 5) is 25.0. The molecule has 0 amide bonds. The number of carbonyl (C=O) groups is 2. The first kappa shape index (κ1) is 33.4. The molecule has 0 bridgehead atoms.